The monoisotopic (exact) mass is 270 g/mol. The maximum absolute atomic E-state index is 9.58. The minimum atomic E-state index is 0. The largest absolute Gasteiger partial charge is 1.00 e. The molecule has 0 fully saturated rings. The van der Waals surface area contributed by atoms with Gasteiger partial charge in [-0.25, -0.2) is 0 Å². The van der Waals surface area contributed by atoms with Crippen LogP contribution in [-0.2, 0) is 0 Å². The third-order valence-corrected chi connectivity index (χ3v) is 3.07. The molecule has 0 bridgehead atoms. The van der Waals surface area contributed by atoms with Crippen molar-refractivity contribution in [3.05, 3.63) is 28.7 Å². The van der Waals surface area contributed by atoms with Crippen LogP contribution in [-0.4, -0.2) is 17.0 Å². The molecule has 2 aliphatic rings. The molecule has 0 radical (unpaired) electrons. The average Bonchev–Trinajstić information content (AvgIpc) is 2.22. The van der Waals surface area contributed by atoms with Crippen LogP contribution in [0.2, 0.25) is 0 Å². The molecule has 2 rings (SSSR count). The third kappa shape index (κ3) is 4.24. The van der Waals surface area contributed by atoms with Gasteiger partial charge in [-0.15, -0.1) is 0 Å². The molecule has 0 saturated heterocycles. The first-order chi connectivity index (χ1) is 7.89. The zero-order chi connectivity index (χ0) is 13.2. The molecule has 0 aromatic heterocycles. The molecular weight excluding hydrogens is 247 g/mol. The molecule has 2 nitrogen and oxygen atoms in total. The number of allylic oxidation sites excluding steroid dienone is 4. The van der Waals surface area contributed by atoms with E-state index in [-0.39, 0.29) is 56.9 Å². The molecule has 1 atom stereocenters. The summed E-state index contributed by atoms with van der Waals surface area (Å²) in [5, 5.41) is 9.58. The van der Waals surface area contributed by atoms with Gasteiger partial charge in [-0.1, -0.05) is 32.9 Å². The van der Waals surface area contributed by atoms with E-state index in [1.807, 2.05) is 26.8 Å². The fourth-order valence-corrected chi connectivity index (χ4v) is 2.52. The van der Waals surface area contributed by atoms with E-state index in [0.717, 1.165) is 17.7 Å². The Bertz CT molecular complexity index is 414. The van der Waals surface area contributed by atoms with Crippen LogP contribution in [0.3, 0.4) is 0 Å². The van der Waals surface area contributed by atoms with Gasteiger partial charge in [0.2, 0.25) is 0 Å². The summed E-state index contributed by atoms with van der Waals surface area (Å²) in [6, 6.07) is 0. The van der Waals surface area contributed by atoms with E-state index in [9.17, 15) is 5.41 Å². The van der Waals surface area contributed by atoms with E-state index < -0.39 is 0 Å². The van der Waals surface area contributed by atoms with Gasteiger partial charge in [-0.05, 0) is 44.3 Å². The number of rotatable bonds is 0. The topological polar surface area (TPSA) is 34.7 Å². The second-order valence-electron chi connectivity index (χ2n) is 5.23. The van der Waals surface area contributed by atoms with Gasteiger partial charge in [0.1, 0.15) is 0 Å². The van der Waals surface area contributed by atoms with Crippen molar-refractivity contribution in [2.24, 2.45) is 10.9 Å². The van der Waals surface area contributed by atoms with Gasteiger partial charge in [-0.2, -0.15) is 5.71 Å². The zero-order valence-corrected chi connectivity index (χ0v) is 16.0. The Morgan fingerprint density at radius 3 is 2.39 bits per heavy atom. The van der Waals surface area contributed by atoms with Gasteiger partial charge in [0, 0.05) is 0 Å². The van der Waals surface area contributed by atoms with E-state index in [1.165, 1.54) is 5.57 Å². The third-order valence-electron chi connectivity index (χ3n) is 3.07. The van der Waals surface area contributed by atoms with Gasteiger partial charge in [0.25, 0.3) is 0 Å². The minimum absolute atomic E-state index is 0. The fourth-order valence-electron chi connectivity index (χ4n) is 2.52. The smallest absolute Gasteiger partial charge is 0.804 e. The van der Waals surface area contributed by atoms with Crippen molar-refractivity contribution in [1.29, 1.82) is 0 Å². The molecule has 0 aromatic carbocycles. The molecular formula is C15H23KN2. The maximum atomic E-state index is 9.58. The van der Waals surface area contributed by atoms with E-state index in [0.29, 0.717) is 11.6 Å². The van der Waals surface area contributed by atoms with Crippen LogP contribution in [0, 0.1) is 5.92 Å². The molecule has 1 aliphatic carbocycles. The predicted molar refractivity (Wildman–Crippen MR) is 76.8 cm³/mol. The van der Waals surface area contributed by atoms with Crippen molar-refractivity contribution in [1.82, 2.24) is 0 Å². The molecule has 3 heteroatoms. The summed E-state index contributed by atoms with van der Waals surface area (Å²) in [7, 11) is 0. The Morgan fingerprint density at radius 2 is 1.83 bits per heavy atom. The van der Waals surface area contributed by atoms with Crippen LogP contribution in [0.15, 0.2) is 28.3 Å². The molecule has 0 aromatic rings. The zero-order valence-electron chi connectivity index (χ0n) is 12.8. The number of hydrogen-bond acceptors (Lipinski definition) is 1. The number of aliphatic imine (C=N–C) groups is 1. The standard InChI is InChI=1S/C13H17N2.C2H6.K/c1-8-5-10(14)6-11-9(2)7-13(3,4)15-12(8)11;1-2;/h5-6,9H,7H2,1-4H3;1-2H3;/q-1;;+1. The summed E-state index contributed by atoms with van der Waals surface area (Å²) >= 11 is 0. The van der Waals surface area contributed by atoms with Crippen molar-refractivity contribution >= 4 is 11.4 Å². The fraction of sp³-hybridized carbons (Fsp3) is 0.600. The molecule has 0 amide bonds. The molecule has 0 saturated carbocycles. The van der Waals surface area contributed by atoms with E-state index in [2.05, 4.69) is 20.8 Å². The quantitative estimate of drug-likeness (QED) is 0.468. The van der Waals surface area contributed by atoms with Crippen molar-refractivity contribution < 1.29 is 51.4 Å². The normalized spacial score (nSPS) is 24.4. The Hall–Kier alpha value is 0.456. The van der Waals surface area contributed by atoms with Crippen LogP contribution < -0.4 is 51.4 Å². The first-order valence-corrected chi connectivity index (χ1v) is 6.45. The Balaban J connectivity index is 0.000000917. The summed E-state index contributed by atoms with van der Waals surface area (Å²) in [6.45, 7) is 12.5. The molecule has 94 valence electrons. The second-order valence-corrected chi connectivity index (χ2v) is 5.23. The molecule has 1 unspecified atom stereocenters. The second kappa shape index (κ2) is 7.30. The summed E-state index contributed by atoms with van der Waals surface area (Å²) < 4.78 is 0. The Kier molecular flexibility index (Phi) is 7.48. The van der Waals surface area contributed by atoms with Crippen LogP contribution in [0.1, 0.15) is 48.0 Å². The van der Waals surface area contributed by atoms with Crippen LogP contribution in [0.5, 0.6) is 0 Å². The van der Waals surface area contributed by atoms with Gasteiger partial charge >= 0.3 is 51.4 Å². The van der Waals surface area contributed by atoms with Crippen LogP contribution in [0.4, 0.5) is 0 Å². The molecule has 1 aliphatic heterocycles. The number of fused-ring (bicyclic) bond motifs is 1. The summed E-state index contributed by atoms with van der Waals surface area (Å²) in [5.41, 5.74) is 3.72. The van der Waals surface area contributed by atoms with E-state index in [1.54, 1.807) is 6.08 Å². The van der Waals surface area contributed by atoms with Crippen LogP contribution >= 0.6 is 0 Å². The summed E-state index contributed by atoms with van der Waals surface area (Å²) in [5.74, 6) is 0.471. The summed E-state index contributed by atoms with van der Waals surface area (Å²) in [6.07, 6.45) is 4.69. The number of nitrogens with zero attached hydrogens (tertiary/aromatic N) is 2. The van der Waals surface area contributed by atoms with Gasteiger partial charge < -0.3 is 5.41 Å². The van der Waals surface area contributed by atoms with E-state index >= 15 is 0 Å². The van der Waals surface area contributed by atoms with Crippen molar-refractivity contribution in [3.8, 4) is 0 Å². The van der Waals surface area contributed by atoms with Gasteiger partial charge in [0.15, 0.2) is 0 Å². The van der Waals surface area contributed by atoms with Crippen molar-refractivity contribution in [2.75, 3.05) is 0 Å². The molecule has 0 N–H and O–H groups in total. The number of hydrogen-bond donors (Lipinski definition) is 0. The average molecular weight is 270 g/mol. The molecule has 0 spiro atoms. The molecule has 1 heterocycles. The van der Waals surface area contributed by atoms with E-state index in [4.69, 9.17) is 4.99 Å². The first kappa shape index (κ1) is 18.5. The SMILES string of the molecule is CC.CC1=CC(=[N-])C=C2C1=NC(C)(C)CC2C.[K+]. The predicted octanol–water partition coefficient (Wildman–Crippen LogP) is 1.17. The first-order valence-electron chi connectivity index (χ1n) is 6.45. The Labute approximate surface area is 154 Å². The van der Waals surface area contributed by atoms with Crippen molar-refractivity contribution in [3.63, 3.8) is 0 Å². The molecule has 18 heavy (non-hydrogen) atoms. The van der Waals surface area contributed by atoms with Gasteiger partial charge in [0.05, 0.1) is 11.3 Å². The maximum Gasteiger partial charge on any atom is 1.00 e. The van der Waals surface area contributed by atoms with Gasteiger partial charge in [-0.3, -0.25) is 4.99 Å². The summed E-state index contributed by atoms with van der Waals surface area (Å²) in [4.78, 5) is 4.76. The van der Waals surface area contributed by atoms with Crippen LogP contribution in [0.25, 0.3) is 5.41 Å². The van der Waals surface area contributed by atoms with Crippen molar-refractivity contribution in [2.45, 2.75) is 53.5 Å². The Morgan fingerprint density at radius 1 is 1.28 bits per heavy atom. The minimum Gasteiger partial charge on any atom is -0.804 e.